The van der Waals surface area contributed by atoms with Gasteiger partial charge in [-0.3, -0.25) is 4.79 Å². The third-order valence-corrected chi connectivity index (χ3v) is 4.15. The SMILES string of the molecule is COC1CCCC(CN(C(C)=O)[C@H](C(=O)O)C(C)C)C1. The van der Waals surface area contributed by atoms with Crippen LogP contribution in [0.15, 0.2) is 0 Å². The molecule has 0 aromatic heterocycles. The third-order valence-electron chi connectivity index (χ3n) is 4.15. The molecule has 5 nitrogen and oxygen atoms in total. The van der Waals surface area contributed by atoms with Gasteiger partial charge in [0.1, 0.15) is 6.04 Å². The summed E-state index contributed by atoms with van der Waals surface area (Å²) in [5.74, 6) is -0.851. The number of nitrogens with zero attached hydrogens (tertiary/aromatic N) is 1. The molecular formula is C15H27NO4. The van der Waals surface area contributed by atoms with Crippen molar-refractivity contribution in [3.05, 3.63) is 0 Å². The number of carboxylic acid groups (broad SMARTS) is 1. The molecule has 1 N–H and O–H groups in total. The van der Waals surface area contributed by atoms with Crippen molar-refractivity contribution in [3.8, 4) is 0 Å². The Hall–Kier alpha value is -1.10. The Balaban J connectivity index is 2.76. The van der Waals surface area contributed by atoms with E-state index < -0.39 is 12.0 Å². The lowest BCUT2D eigenvalue weighted by atomic mass is 9.86. The van der Waals surface area contributed by atoms with Gasteiger partial charge in [0.2, 0.25) is 5.91 Å². The predicted molar refractivity (Wildman–Crippen MR) is 76.4 cm³/mol. The predicted octanol–water partition coefficient (Wildman–Crippen LogP) is 2.15. The lowest BCUT2D eigenvalue weighted by molar-refractivity contribution is -0.152. The van der Waals surface area contributed by atoms with Gasteiger partial charge < -0.3 is 14.7 Å². The van der Waals surface area contributed by atoms with Crippen molar-refractivity contribution in [3.63, 3.8) is 0 Å². The summed E-state index contributed by atoms with van der Waals surface area (Å²) in [4.78, 5) is 24.8. The maximum absolute atomic E-state index is 11.9. The van der Waals surface area contributed by atoms with Crippen LogP contribution in [0.5, 0.6) is 0 Å². The number of carboxylic acids is 1. The molecule has 0 saturated heterocycles. The van der Waals surface area contributed by atoms with E-state index in [0.717, 1.165) is 25.7 Å². The highest BCUT2D eigenvalue weighted by molar-refractivity contribution is 5.82. The average Bonchev–Trinajstić information content (AvgIpc) is 2.37. The van der Waals surface area contributed by atoms with Crippen molar-refractivity contribution in [2.45, 2.75) is 58.6 Å². The van der Waals surface area contributed by atoms with Crippen molar-refractivity contribution in [1.82, 2.24) is 4.90 Å². The normalized spacial score (nSPS) is 24.4. The van der Waals surface area contributed by atoms with Gasteiger partial charge >= 0.3 is 5.97 Å². The van der Waals surface area contributed by atoms with Gasteiger partial charge in [-0.25, -0.2) is 4.79 Å². The number of ether oxygens (including phenoxy) is 1. The molecule has 20 heavy (non-hydrogen) atoms. The largest absolute Gasteiger partial charge is 0.480 e. The van der Waals surface area contributed by atoms with Crippen LogP contribution in [0.1, 0.15) is 46.5 Å². The summed E-state index contributed by atoms with van der Waals surface area (Å²) in [6, 6.07) is -0.740. The molecule has 0 heterocycles. The van der Waals surface area contributed by atoms with Crippen LogP contribution in [-0.2, 0) is 14.3 Å². The molecule has 1 rings (SSSR count). The number of amides is 1. The van der Waals surface area contributed by atoms with Crippen LogP contribution in [0.4, 0.5) is 0 Å². The zero-order chi connectivity index (χ0) is 15.3. The van der Waals surface area contributed by atoms with E-state index in [1.807, 2.05) is 13.8 Å². The minimum atomic E-state index is -0.922. The van der Waals surface area contributed by atoms with Crippen LogP contribution in [0.25, 0.3) is 0 Å². The topological polar surface area (TPSA) is 66.8 Å². The van der Waals surface area contributed by atoms with Gasteiger partial charge in [0, 0.05) is 20.6 Å². The number of carbonyl (C=O) groups excluding carboxylic acids is 1. The minimum Gasteiger partial charge on any atom is -0.480 e. The van der Waals surface area contributed by atoms with Gasteiger partial charge in [0.05, 0.1) is 6.10 Å². The second kappa shape index (κ2) is 7.62. The number of methoxy groups -OCH3 is 1. The van der Waals surface area contributed by atoms with E-state index in [0.29, 0.717) is 12.5 Å². The zero-order valence-corrected chi connectivity index (χ0v) is 13.0. The van der Waals surface area contributed by atoms with E-state index in [1.54, 1.807) is 7.11 Å². The molecule has 5 heteroatoms. The van der Waals surface area contributed by atoms with Gasteiger partial charge in [-0.15, -0.1) is 0 Å². The first-order valence-electron chi connectivity index (χ1n) is 7.39. The highest BCUT2D eigenvalue weighted by Gasteiger charge is 2.33. The lowest BCUT2D eigenvalue weighted by Crippen LogP contribution is -2.49. The van der Waals surface area contributed by atoms with E-state index in [2.05, 4.69) is 0 Å². The first kappa shape index (κ1) is 17.0. The van der Waals surface area contributed by atoms with Crippen molar-refractivity contribution in [1.29, 1.82) is 0 Å². The molecule has 1 amide bonds. The molecule has 1 fully saturated rings. The Kier molecular flexibility index (Phi) is 6.46. The Morgan fingerprint density at radius 1 is 1.35 bits per heavy atom. The molecule has 1 aliphatic carbocycles. The Morgan fingerprint density at radius 2 is 2.00 bits per heavy atom. The summed E-state index contributed by atoms with van der Waals surface area (Å²) in [7, 11) is 1.71. The zero-order valence-electron chi connectivity index (χ0n) is 13.0. The maximum Gasteiger partial charge on any atom is 0.326 e. The monoisotopic (exact) mass is 285 g/mol. The quantitative estimate of drug-likeness (QED) is 0.812. The first-order valence-corrected chi connectivity index (χ1v) is 7.39. The Bertz CT molecular complexity index is 343. The molecule has 0 aromatic rings. The van der Waals surface area contributed by atoms with Gasteiger partial charge in [-0.05, 0) is 31.1 Å². The summed E-state index contributed by atoms with van der Waals surface area (Å²) in [6.45, 7) is 5.65. The molecule has 0 spiro atoms. The van der Waals surface area contributed by atoms with Crippen LogP contribution in [0.2, 0.25) is 0 Å². The van der Waals surface area contributed by atoms with Crippen LogP contribution in [-0.4, -0.2) is 47.7 Å². The molecule has 3 atom stereocenters. The number of rotatable bonds is 6. The summed E-state index contributed by atoms with van der Waals surface area (Å²) < 4.78 is 5.40. The molecule has 1 aliphatic rings. The highest BCUT2D eigenvalue weighted by atomic mass is 16.5. The second-order valence-electron chi connectivity index (χ2n) is 6.09. The smallest absolute Gasteiger partial charge is 0.326 e. The lowest BCUT2D eigenvalue weighted by Gasteiger charge is -2.36. The molecule has 0 aromatic carbocycles. The van der Waals surface area contributed by atoms with E-state index >= 15 is 0 Å². The Labute approximate surface area is 121 Å². The molecule has 1 saturated carbocycles. The maximum atomic E-state index is 11.9. The van der Waals surface area contributed by atoms with Crippen LogP contribution in [0.3, 0.4) is 0 Å². The van der Waals surface area contributed by atoms with E-state index in [1.165, 1.54) is 11.8 Å². The Morgan fingerprint density at radius 3 is 2.45 bits per heavy atom. The summed E-state index contributed by atoms with van der Waals surface area (Å²) in [5, 5.41) is 9.37. The molecule has 2 unspecified atom stereocenters. The number of aliphatic carboxylic acids is 1. The molecule has 0 aliphatic heterocycles. The second-order valence-corrected chi connectivity index (χ2v) is 6.09. The molecule has 116 valence electrons. The number of hydrogen-bond donors (Lipinski definition) is 1. The molecule has 0 bridgehead atoms. The first-order chi connectivity index (χ1) is 9.36. The van der Waals surface area contributed by atoms with Crippen molar-refractivity contribution < 1.29 is 19.4 Å². The standard InChI is InChI=1S/C15H27NO4/c1-10(2)14(15(18)19)16(11(3)17)9-12-6-5-7-13(8-12)20-4/h10,12-14H,5-9H2,1-4H3,(H,18,19)/t12?,13?,14-/m0/s1. The van der Waals surface area contributed by atoms with Gasteiger partial charge in [0.15, 0.2) is 0 Å². The van der Waals surface area contributed by atoms with Crippen LogP contribution < -0.4 is 0 Å². The summed E-state index contributed by atoms with van der Waals surface area (Å²) >= 11 is 0. The molecular weight excluding hydrogens is 258 g/mol. The fraction of sp³-hybridized carbons (Fsp3) is 0.867. The van der Waals surface area contributed by atoms with Crippen LogP contribution in [0, 0.1) is 11.8 Å². The van der Waals surface area contributed by atoms with Gasteiger partial charge in [0.25, 0.3) is 0 Å². The number of hydrogen-bond acceptors (Lipinski definition) is 3. The summed E-state index contributed by atoms with van der Waals surface area (Å²) in [6.07, 6.45) is 4.32. The van der Waals surface area contributed by atoms with E-state index in [9.17, 15) is 14.7 Å². The van der Waals surface area contributed by atoms with Gasteiger partial charge in [-0.1, -0.05) is 20.3 Å². The fourth-order valence-corrected chi connectivity index (χ4v) is 3.12. The average molecular weight is 285 g/mol. The van der Waals surface area contributed by atoms with Gasteiger partial charge in [-0.2, -0.15) is 0 Å². The van der Waals surface area contributed by atoms with E-state index in [4.69, 9.17) is 4.74 Å². The minimum absolute atomic E-state index is 0.0989. The fourth-order valence-electron chi connectivity index (χ4n) is 3.12. The van der Waals surface area contributed by atoms with Crippen molar-refractivity contribution in [2.75, 3.05) is 13.7 Å². The summed E-state index contributed by atoms with van der Waals surface area (Å²) in [5.41, 5.74) is 0. The third kappa shape index (κ3) is 4.47. The number of carbonyl (C=O) groups is 2. The van der Waals surface area contributed by atoms with Crippen molar-refractivity contribution >= 4 is 11.9 Å². The van der Waals surface area contributed by atoms with E-state index in [-0.39, 0.29) is 17.9 Å². The molecule has 0 radical (unpaired) electrons. The highest BCUT2D eigenvalue weighted by Crippen LogP contribution is 2.28. The van der Waals surface area contributed by atoms with Crippen molar-refractivity contribution in [2.24, 2.45) is 11.8 Å². The van der Waals surface area contributed by atoms with Crippen LogP contribution >= 0.6 is 0 Å².